The van der Waals surface area contributed by atoms with Gasteiger partial charge < -0.3 is 15.1 Å². The Balaban J connectivity index is 2.68. The van der Waals surface area contributed by atoms with Crippen LogP contribution in [0.3, 0.4) is 0 Å². The SMILES string of the molecule is CCC1(CC)C(c2ccc(C)c(C)c2)=NOC1(C(=O)O)C(=O)O. The van der Waals surface area contributed by atoms with Gasteiger partial charge in [0.2, 0.25) is 0 Å². The summed E-state index contributed by atoms with van der Waals surface area (Å²) in [6, 6.07) is 5.62. The Bertz CT molecular complexity index is 674. The molecule has 2 N–H and O–H groups in total. The smallest absolute Gasteiger partial charge is 0.364 e. The van der Waals surface area contributed by atoms with E-state index in [9.17, 15) is 19.8 Å². The Hall–Kier alpha value is -2.37. The molecular weight excluding hydrogens is 298 g/mol. The highest BCUT2D eigenvalue weighted by molar-refractivity contribution is 6.16. The molecule has 0 atom stereocenters. The quantitative estimate of drug-likeness (QED) is 0.813. The standard InChI is InChI=1S/C17H21NO5/c1-5-16(6-2)13(12-8-7-10(3)11(4)9-12)18-23-17(16,14(19)20)15(21)22/h7-9H,5-6H2,1-4H3,(H,19,20)(H,21,22). The van der Waals surface area contributed by atoms with Gasteiger partial charge in [0.25, 0.3) is 0 Å². The van der Waals surface area contributed by atoms with Gasteiger partial charge in [0.05, 0.1) is 11.1 Å². The first-order valence-electron chi connectivity index (χ1n) is 7.58. The summed E-state index contributed by atoms with van der Waals surface area (Å²) in [6.45, 7) is 7.43. The minimum Gasteiger partial charge on any atom is -0.478 e. The van der Waals surface area contributed by atoms with E-state index < -0.39 is 23.0 Å². The van der Waals surface area contributed by atoms with Crippen LogP contribution in [0.25, 0.3) is 0 Å². The number of oxime groups is 1. The van der Waals surface area contributed by atoms with Crippen LogP contribution in [-0.4, -0.2) is 33.5 Å². The fourth-order valence-corrected chi connectivity index (χ4v) is 3.34. The molecule has 1 aliphatic heterocycles. The molecule has 0 radical (unpaired) electrons. The normalized spacial score (nSPS) is 18.2. The summed E-state index contributed by atoms with van der Waals surface area (Å²) < 4.78 is 0. The summed E-state index contributed by atoms with van der Waals surface area (Å²) in [7, 11) is 0. The largest absolute Gasteiger partial charge is 0.478 e. The Morgan fingerprint density at radius 3 is 2.09 bits per heavy atom. The molecule has 0 fully saturated rings. The fourth-order valence-electron chi connectivity index (χ4n) is 3.34. The van der Waals surface area contributed by atoms with Crippen molar-refractivity contribution in [3.63, 3.8) is 0 Å². The molecule has 0 spiro atoms. The lowest BCUT2D eigenvalue weighted by Crippen LogP contribution is -2.60. The maximum atomic E-state index is 11.8. The van der Waals surface area contributed by atoms with Crippen LogP contribution >= 0.6 is 0 Å². The van der Waals surface area contributed by atoms with E-state index in [0.29, 0.717) is 11.3 Å². The molecule has 1 heterocycles. The van der Waals surface area contributed by atoms with Crippen molar-refractivity contribution in [1.82, 2.24) is 0 Å². The van der Waals surface area contributed by atoms with Crippen molar-refractivity contribution < 1.29 is 24.6 Å². The third kappa shape index (κ3) is 2.12. The first-order chi connectivity index (χ1) is 10.8. The summed E-state index contributed by atoms with van der Waals surface area (Å²) in [5.41, 5.74) is -0.433. The van der Waals surface area contributed by atoms with Gasteiger partial charge in [-0.05, 0) is 43.9 Å². The van der Waals surface area contributed by atoms with Crippen LogP contribution in [0.15, 0.2) is 23.4 Å². The van der Waals surface area contributed by atoms with Crippen molar-refractivity contribution in [2.75, 3.05) is 0 Å². The van der Waals surface area contributed by atoms with E-state index in [1.807, 2.05) is 32.0 Å². The van der Waals surface area contributed by atoms with Crippen LogP contribution in [0.1, 0.15) is 43.4 Å². The van der Waals surface area contributed by atoms with Gasteiger partial charge in [-0.3, -0.25) is 0 Å². The number of benzene rings is 1. The molecule has 1 aromatic carbocycles. The lowest BCUT2D eigenvalue weighted by Gasteiger charge is -2.36. The molecule has 124 valence electrons. The van der Waals surface area contributed by atoms with Crippen LogP contribution in [-0.2, 0) is 14.4 Å². The highest BCUT2D eigenvalue weighted by atomic mass is 16.7. The molecule has 2 rings (SSSR count). The summed E-state index contributed by atoms with van der Waals surface area (Å²) in [6.07, 6.45) is 0.571. The number of hydrogen-bond acceptors (Lipinski definition) is 4. The molecule has 0 aliphatic carbocycles. The van der Waals surface area contributed by atoms with Gasteiger partial charge in [0, 0.05) is 5.56 Å². The summed E-state index contributed by atoms with van der Waals surface area (Å²) in [5, 5.41) is 23.2. The Morgan fingerprint density at radius 1 is 1.09 bits per heavy atom. The molecule has 23 heavy (non-hydrogen) atoms. The van der Waals surface area contributed by atoms with Crippen LogP contribution < -0.4 is 0 Å². The first-order valence-corrected chi connectivity index (χ1v) is 7.58. The van der Waals surface area contributed by atoms with E-state index in [-0.39, 0.29) is 12.8 Å². The van der Waals surface area contributed by atoms with Crippen LogP contribution in [0.5, 0.6) is 0 Å². The molecule has 0 bridgehead atoms. The van der Waals surface area contributed by atoms with Gasteiger partial charge in [-0.1, -0.05) is 31.1 Å². The zero-order valence-electron chi connectivity index (χ0n) is 13.7. The predicted octanol–water partition coefficient (Wildman–Crippen LogP) is 2.75. The van der Waals surface area contributed by atoms with Crippen molar-refractivity contribution >= 4 is 17.7 Å². The Kier molecular flexibility index (Phi) is 4.20. The van der Waals surface area contributed by atoms with Gasteiger partial charge >= 0.3 is 17.5 Å². The number of carbonyl (C=O) groups is 2. The molecule has 0 aromatic heterocycles. The van der Waals surface area contributed by atoms with E-state index >= 15 is 0 Å². The average molecular weight is 319 g/mol. The molecule has 0 unspecified atom stereocenters. The van der Waals surface area contributed by atoms with E-state index in [0.717, 1.165) is 11.1 Å². The predicted molar refractivity (Wildman–Crippen MR) is 84.6 cm³/mol. The maximum absolute atomic E-state index is 11.8. The Labute approximate surface area is 134 Å². The van der Waals surface area contributed by atoms with E-state index in [2.05, 4.69) is 5.16 Å². The monoisotopic (exact) mass is 319 g/mol. The number of rotatable bonds is 5. The first kappa shape index (κ1) is 17.0. The van der Waals surface area contributed by atoms with E-state index in [1.54, 1.807) is 13.8 Å². The molecule has 6 nitrogen and oxygen atoms in total. The van der Waals surface area contributed by atoms with Gasteiger partial charge in [0.1, 0.15) is 0 Å². The molecule has 1 aliphatic rings. The second-order valence-electron chi connectivity index (χ2n) is 5.91. The highest BCUT2D eigenvalue weighted by Crippen LogP contribution is 2.49. The van der Waals surface area contributed by atoms with Crippen LogP contribution in [0.4, 0.5) is 0 Å². The van der Waals surface area contributed by atoms with Crippen LogP contribution in [0.2, 0.25) is 0 Å². The third-order valence-corrected chi connectivity index (χ3v) is 4.99. The van der Waals surface area contributed by atoms with Crippen molar-refractivity contribution in [3.05, 3.63) is 34.9 Å². The minimum atomic E-state index is -2.40. The molecular formula is C17H21NO5. The second-order valence-corrected chi connectivity index (χ2v) is 5.91. The van der Waals surface area contributed by atoms with E-state index in [4.69, 9.17) is 4.84 Å². The lowest BCUT2D eigenvalue weighted by molar-refractivity contribution is -0.192. The molecule has 6 heteroatoms. The highest BCUT2D eigenvalue weighted by Gasteiger charge is 2.70. The number of carboxylic acid groups (broad SMARTS) is 2. The number of nitrogens with zero attached hydrogens (tertiary/aromatic N) is 1. The lowest BCUT2D eigenvalue weighted by atomic mass is 9.63. The summed E-state index contributed by atoms with van der Waals surface area (Å²) >= 11 is 0. The van der Waals surface area contributed by atoms with Gasteiger partial charge in [0.15, 0.2) is 0 Å². The van der Waals surface area contributed by atoms with Crippen molar-refractivity contribution in [2.24, 2.45) is 10.6 Å². The molecule has 0 saturated heterocycles. The zero-order chi connectivity index (χ0) is 17.4. The number of aliphatic carboxylic acids is 2. The van der Waals surface area contributed by atoms with Gasteiger partial charge in [-0.2, -0.15) is 0 Å². The fraction of sp³-hybridized carbons (Fsp3) is 0.471. The van der Waals surface area contributed by atoms with Crippen molar-refractivity contribution in [3.8, 4) is 0 Å². The molecule has 0 saturated carbocycles. The summed E-state index contributed by atoms with van der Waals surface area (Å²) in [4.78, 5) is 28.7. The summed E-state index contributed by atoms with van der Waals surface area (Å²) in [5.74, 6) is -3.06. The second kappa shape index (κ2) is 5.68. The third-order valence-electron chi connectivity index (χ3n) is 4.99. The Morgan fingerprint density at radius 2 is 1.65 bits per heavy atom. The minimum absolute atomic E-state index is 0.286. The zero-order valence-corrected chi connectivity index (χ0v) is 13.7. The van der Waals surface area contributed by atoms with Crippen molar-refractivity contribution in [1.29, 1.82) is 0 Å². The number of carboxylic acids is 2. The van der Waals surface area contributed by atoms with Gasteiger partial charge in [-0.15, -0.1) is 0 Å². The average Bonchev–Trinajstić information content (AvgIpc) is 2.86. The van der Waals surface area contributed by atoms with Gasteiger partial charge in [-0.25, -0.2) is 9.59 Å². The molecule has 0 amide bonds. The maximum Gasteiger partial charge on any atom is 0.364 e. The number of hydrogen-bond donors (Lipinski definition) is 2. The van der Waals surface area contributed by atoms with Crippen molar-refractivity contribution in [2.45, 2.75) is 46.1 Å². The van der Waals surface area contributed by atoms with Crippen LogP contribution in [0, 0.1) is 19.3 Å². The topological polar surface area (TPSA) is 96.2 Å². The van der Waals surface area contributed by atoms with E-state index in [1.165, 1.54) is 0 Å². The molecule has 1 aromatic rings. The number of aryl methyl sites for hydroxylation is 2.